The molecule has 182 valence electrons. The van der Waals surface area contributed by atoms with Gasteiger partial charge in [0.25, 0.3) is 0 Å². The minimum absolute atomic E-state index is 0. The molecule has 0 unspecified atom stereocenters. The number of rotatable bonds is 4. The molecule has 1 N–H and O–H groups in total. The van der Waals surface area contributed by atoms with Gasteiger partial charge in [-0.25, -0.2) is 9.78 Å². The van der Waals surface area contributed by atoms with E-state index in [1.807, 2.05) is 6.07 Å². The molecule has 4 nitrogen and oxygen atoms in total. The Bertz CT molecular complexity index is 1400. The number of aromatic nitrogens is 2. The zero-order chi connectivity index (χ0) is 24.7. The largest absolute Gasteiger partial charge is 1.00 e. The van der Waals surface area contributed by atoms with Crippen LogP contribution in [-0.2, 0) is 6.18 Å². The Kier molecular flexibility index (Phi) is 7.86. The smallest absolute Gasteiger partial charge is 1.00 e. The predicted octanol–water partition coefficient (Wildman–Crippen LogP) is 5.23. The zero-order valence-electron chi connectivity index (χ0n) is 20.6. The van der Waals surface area contributed by atoms with Gasteiger partial charge in [-0.1, -0.05) is 61.2 Å². The molecule has 36 heavy (non-hydrogen) atoms. The fourth-order valence-corrected chi connectivity index (χ4v) is 5.25. The predicted molar refractivity (Wildman–Crippen MR) is 130 cm³/mol. The van der Waals surface area contributed by atoms with Crippen molar-refractivity contribution in [3.63, 3.8) is 0 Å². The van der Waals surface area contributed by atoms with Gasteiger partial charge in [0.1, 0.15) is 5.82 Å². The zero-order valence-corrected chi connectivity index (χ0v) is 22.4. The van der Waals surface area contributed by atoms with Crippen molar-refractivity contribution in [3.8, 4) is 16.9 Å². The number of nitrogens with zero attached hydrogens (tertiary/aromatic N) is 2. The number of halogens is 4. The van der Waals surface area contributed by atoms with Crippen LogP contribution in [0.1, 0.15) is 61.1 Å². The van der Waals surface area contributed by atoms with Crippen LogP contribution in [0, 0.1) is 0 Å². The monoisotopic (exact) mass is 522 g/mol. The molecule has 0 saturated heterocycles. The number of benzene rings is 2. The van der Waals surface area contributed by atoms with E-state index in [2.05, 4.69) is 29.2 Å². The number of carboxylic acid groups (broad SMARTS) is 1. The topological polar surface area (TPSA) is 55.1 Å². The summed E-state index contributed by atoms with van der Waals surface area (Å²) in [6, 6.07) is 15.8. The van der Waals surface area contributed by atoms with Crippen LogP contribution < -0.4 is 29.6 Å². The van der Waals surface area contributed by atoms with Gasteiger partial charge in [-0.05, 0) is 59.7 Å². The summed E-state index contributed by atoms with van der Waals surface area (Å²) >= 11 is 6.49. The van der Waals surface area contributed by atoms with Crippen molar-refractivity contribution in [2.45, 2.75) is 44.2 Å². The maximum Gasteiger partial charge on any atom is 1.00 e. The van der Waals surface area contributed by atoms with E-state index in [4.69, 9.17) is 11.6 Å². The van der Waals surface area contributed by atoms with Gasteiger partial charge in [-0.3, -0.25) is 4.57 Å². The SMILES string of the molecule is O=C(O)c1c(Cl)c2cc(-c3ccc(C4CCCCC4)cc3)ccc2n1-c1ccc(C(F)(F)F)cn1.[H-].[Na+]. The fourth-order valence-electron chi connectivity index (χ4n) is 4.93. The molecule has 0 atom stereocenters. The van der Waals surface area contributed by atoms with E-state index in [0.29, 0.717) is 23.0 Å². The third-order valence-corrected chi connectivity index (χ3v) is 7.12. The summed E-state index contributed by atoms with van der Waals surface area (Å²) in [7, 11) is 0. The second-order valence-corrected chi connectivity index (χ2v) is 9.27. The van der Waals surface area contributed by atoms with Crippen molar-refractivity contribution in [1.29, 1.82) is 0 Å². The summed E-state index contributed by atoms with van der Waals surface area (Å²) in [5, 5.41) is 10.3. The number of hydrogen-bond acceptors (Lipinski definition) is 2. The van der Waals surface area contributed by atoms with Gasteiger partial charge < -0.3 is 6.53 Å². The number of hydrogen-bond donors (Lipinski definition) is 1. The minimum Gasteiger partial charge on any atom is -1.00 e. The molecule has 9 heteroatoms. The summed E-state index contributed by atoms with van der Waals surface area (Å²) < 4.78 is 40.2. The molecule has 5 rings (SSSR count). The van der Waals surface area contributed by atoms with Crippen LogP contribution in [0.2, 0.25) is 5.02 Å². The van der Waals surface area contributed by atoms with Crippen molar-refractivity contribution in [3.05, 3.63) is 82.6 Å². The van der Waals surface area contributed by atoms with Crippen molar-refractivity contribution >= 4 is 28.5 Å². The first-order valence-electron chi connectivity index (χ1n) is 11.5. The Balaban J connectivity index is 0.00000190. The average molecular weight is 523 g/mol. The number of alkyl halides is 3. The maximum atomic E-state index is 13.0. The van der Waals surface area contributed by atoms with Gasteiger partial charge in [0.05, 0.1) is 16.1 Å². The van der Waals surface area contributed by atoms with E-state index in [1.54, 1.807) is 12.1 Å². The Labute approximate surface area is 234 Å². The van der Waals surface area contributed by atoms with Crippen LogP contribution in [0.15, 0.2) is 60.8 Å². The van der Waals surface area contributed by atoms with Gasteiger partial charge in [-0.15, -0.1) is 0 Å². The summed E-state index contributed by atoms with van der Waals surface area (Å²) in [5.74, 6) is -0.665. The van der Waals surface area contributed by atoms with Gasteiger partial charge in [0, 0.05) is 11.6 Å². The first-order valence-corrected chi connectivity index (χ1v) is 11.8. The quantitative estimate of drug-likeness (QED) is 0.374. The molecule has 1 fully saturated rings. The Morgan fingerprint density at radius 2 is 1.67 bits per heavy atom. The molecule has 0 radical (unpaired) electrons. The first-order chi connectivity index (χ1) is 16.7. The Morgan fingerprint density at radius 3 is 2.25 bits per heavy atom. The molecule has 4 aromatic rings. The minimum atomic E-state index is -4.54. The van der Waals surface area contributed by atoms with E-state index in [9.17, 15) is 23.1 Å². The molecule has 2 aromatic carbocycles. The molecular formula is C27H23ClF3N2NaO2. The van der Waals surface area contributed by atoms with Crippen LogP contribution in [0.3, 0.4) is 0 Å². The maximum absolute atomic E-state index is 13.0. The van der Waals surface area contributed by atoms with Crippen LogP contribution in [0.4, 0.5) is 13.2 Å². The molecular weight excluding hydrogens is 500 g/mol. The molecule has 0 amide bonds. The van der Waals surface area contributed by atoms with E-state index in [-0.39, 0.29) is 47.5 Å². The third kappa shape index (κ3) is 5.07. The summed E-state index contributed by atoms with van der Waals surface area (Å²) in [6.45, 7) is 0. The van der Waals surface area contributed by atoms with Crippen LogP contribution in [-0.4, -0.2) is 20.6 Å². The summed E-state index contributed by atoms with van der Waals surface area (Å²) in [4.78, 5) is 15.9. The van der Waals surface area contributed by atoms with Gasteiger partial charge in [0.2, 0.25) is 0 Å². The van der Waals surface area contributed by atoms with Crippen LogP contribution in [0.5, 0.6) is 0 Å². The van der Waals surface area contributed by atoms with Crippen molar-refractivity contribution in [1.82, 2.24) is 9.55 Å². The molecule has 1 aliphatic rings. The Morgan fingerprint density at radius 1 is 1.00 bits per heavy atom. The van der Waals surface area contributed by atoms with E-state index >= 15 is 0 Å². The van der Waals surface area contributed by atoms with Gasteiger partial charge >= 0.3 is 41.7 Å². The number of pyridine rings is 1. The van der Waals surface area contributed by atoms with Gasteiger partial charge in [0.15, 0.2) is 5.69 Å². The summed E-state index contributed by atoms with van der Waals surface area (Å²) in [6.07, 6.45) is 2.39. The molecule has 1 aliphatic carbocycles. The molecule has 2 aromatic heterocycles. The first kappa shape index (κ1) is 26.7. The number of aromatic carboxylic acids is 1. The average Bonchev–Trinajstić information content (AvgIpc) is 3.16. The normalized spacial score (nSPS) is 14.6. The van der Waals surface area contributed by atoms with E-state index < -0.39 is 17.7 Å². The summed E-state index contributed by atoms with van der Waals surface area (Å²) in [5.41, 5.74) is 2.45. The van der Waals surface area contributed by atoms with E-state index in [1.165, 1.54) is 42.2 Å². The molecule has 1 saturated carbocycles. The van der Waals surface area contributed by atoms with Gasteiger partial charge in [-0.2, -0.15) is 13.2 Å². The van der Waals surface area contributed by atoms with E-state index in [0.717, 1.165) is 23.3 Å². The molecule has 2 heterocycles. The molecule has 0 bridgehead atoms. The Hall–Kier alpha value is -2.32. The number of carboxylic acids is 1. The second kappa shape index (κ2) is 10.6. The van der Waals surface area contributed by atoms with Crippen LogP contribution >= 0.6 is 11.6 Å². The second-order valence-electron chi connectivity index (χ2n) is 8.89. The molecule has 0 spiro atoms. The number of fused-ring (bicyclic) bond motifs is 1. The van der Waals surface area contributed by atoms with Crippen molar-refractivity contribution < 1.29 is 54.1 Å². The van der Waals surface area contributed by atoms with Crippen molar-refractivity contribution in [2.75, 3.05) is 0 Å². The standard InChI is InChI=1S/C27H22ClF3N2O2.Na.H/c28-24-21-14-19(18-8-6-17(7-9-18)16-4-2-1-3-5-16)10-12-22(21)33(25(24)26(34)35)23-13-11-20(15-32-23)27(29,30)31;;/h6-16H,1-5H2,(H,34,35);;/q;+1;-1. The molecule has 0 aliphatic heterocycles. The fraction of sp³-hybridized carbons (Fsp3) is 0.259. The third-order valence-electron chi connectivity index (χ3n) is 6.73. The van der Waals surface area contributed by atoms with Crippen molar-refractivity contribution in [2.24, 2.45) is 0 Å². The number of carbonyl (C=O) groups is 1. The van der Waals surface area contributed by atoms with Crippen LogP contribution in [0.25, 0.3) is 27.8 Å².